The summed E-state index contributed by atoms with van der Waals surface area (Å²) in [6.45, 7) is 5.37. The van der Waals surface area contributed by atoms with Gasteiger partial charge < -0.3 is 5.32 Å². The van der Waals surface area contributed by atoms with Gasteiger partial charge in [0.1, 0.15) is 10.7 Å². The molecule has 21 heavy (non-hydrogen) atoms. The van der Waals surface area contributed by atoms with Crippen molar-refractivity contribution in [1.29, 1.82) is 0 Å². The van der Waals surface area contributed by atoms with Crippen LogP contribution in [0.2, 0.25) is 0 Å². The molecule has 0 amide bonds. The Morgan fingerprint density at radius 2 is 2.10 bits per heavy atom. The van der Waals surface area contributed by atoms with E-state index in [9.17, 15) is 12.8 Å². The van der Waals surface area contributed by atoms with E-state index in [1.54, 1.807) is 6.07 Å². The lowest BCUT2D eigenvalue weighted by Gasteiger charge is -2.14. The molecular weight excluding hydrogens is 291 g/mol. The first-order chi connectivity index (χ1) is 9.92. The average Bonchev–Trinajstić information content (AvgIpc) is 2.80. The Labute approximate surface area is 126 Å². The first-order valence-electron chi connectivity index (χ1n) is 7.44. The van der Waals surface area contributed by atoms with Gasteiger partial charge in [0.05, 0.1) is 0 Å². The molecule has 0 radical (unpaired) electrons. The van der Waals surface area contributed by atoms with Crippen molar-refractivity contribution in [3.05, 3.63) is 29.6 Å². The third kappa shape index (κ3) is 4.25. The third-order valence-corrected chi connectivity index (χ3v) is 5.44. The van der Waals surface area contributed by atoms with Gasteiger partial charge in [-0.2, -0.15) is 0 Å². The standard InChI is InChI=1S/C15H23FN2O2S/c1-3-17-10-12-5-7-15(14(16)9-12)21(19,20)18-13-6-4-11(2)8-13/h5,7,9,11,13,17-18H,3-4,6,8,10H2,1-2H3. The molecule has 1 aromatic carbocycles. The summed E-state index contributed by atoms with van der Waals surface area (Å²) >= 11 is 0. The van der Waals surface area contributed by atoms with Crippen LogP contribution in [0.5, 0.6) is 0 Å². The Balaban J connectivity index is 2.12. The zero-order valence-electron chi connectivity index (χ0n) is 12.5. The van der Waals surface area contributed by atoms with Crippen LogP contribution in [0, 0.1) is 11.7 Å². The number of rotatable bonds is 6. The van der Waals surface area contributed by atoms with E-state index >= 15 is 0 Å². The van der Waals surface area contributed by atoms with E-state index < -0.39 is 15.8 Å². The Hall–Kier alpha value is -0.980. The normalized spacial score (nSPS) is 22.6. The zero-order valence-corrected chi connectivity index (χ0v) is 13.3. The van der Waals surface area contributed by atoms with Crippen LogP contribution in [-0.4, -0.2) is 21.0 Å². The van der Waals surface area contributed by atoms with Crippen LogP contribution in [0.15, 0.2) is 23.1 Å². The fraction of sp³-hybridized carbons (Fsp3) is 0.600. The van der Waals surface area contributed by atoms with Crippen LogP contribution in [0.4, 0.5) is 4.39 Å². The molecule has 2 rings (SSSR count). The second kappa shape index (κ2) is 6.85. The molecule has 118 valence electrons. The molecule has 1 aromatic rings. The molecule has 1 saturated carbocycles. The lowest BCUT2D eigenvalue weighted by molar-refractivity contribution is 0.527. The molecular formula is C15H23FN2O2S. The number of halogens is 1. The molecule has 2 unspecified atom stereocenters. The van der Waals surface area contributed by atoms with Gasteiger partial charge in [0.2, 0.25) is 10.0 Å². The van der Waals surface area contributed by atoms with E-state index in [2.05, 4.69) is 17.0 Å². The van der Waals surface area contributed by atoms with E-state index in [4.69, 9.17) is 0 Å². The van der Waals surface area contributed by atoms with Gasteiger partial charge in [0, 0.05) is 12.6 Å². The minimum atomic E-state index is -3.78. The number of hydrogen-bond acceptors (Lipinski definition) is 3. The van der Waals surface area contributed by atoms with Gasteiger partial charge in [-0.1, -0.05) is 19.9 Å². The van der Waals surface area contributed by atoms with Gasteiger partial charge >= 0.3 is 0 Å². The highest BCUT2D eigenvalue weighted by molar-refractivity contribution is 7.89. The molecule has 6 heteroatoms. The first kappa shape index (κ1) is 16.4. The molecule has 0 saturated heterocycles. The minimum absolute atomic E-state index is 0.0779. The summed E-state index contributed by atoms with van der Waals surface area (Å²) < 4.78 is 41.2. The van der Waals surface area contributed by atoms with E-state index in [0.717, 1.165) is 31.4 Å². The van der Waals surface area contributed by atoms with Crippen LogP contribution in [0.25, 0.3) is 0 Å². The van der Waals surface area contributed by atoms with E-state index in [1.165, 1.54) is 12.1 Å². The molecule has 0 spiro atoms. The summed E-state index contributed by atoms with van der Waals surface area (Å²) in [5.41, 5.74) is 0.739. The zero-order chi connectivity index (χ0) is 15.5. The Morgan fingerprint density at radius 1 is 1.33 bits per heavy atom. The maximum atomic E-state index is 14.1. The number of benzene rings is 1. The van der Waals surface area contributed by atoms with Gasteiger partial charge in [-0.15, -0.1) is 0 Å². The fourth-order valence-electron chi connectivity index (χ4n) is 2.74. The van der Waals surface area contributed by atoms with Crippen LogP contribution in [0.1, 0.15) is 38.7 Å². The molecule has 4 nitrogen and oxygen atoms in total. The van der Waals surface area contributed by atoms with Crippen molar-refractivity contribution in [2.75, 3.05) is 6.54 Å². The van der Waals surface area contributed by atoms with Crippen LogP contribution < -0.4 is 10.0 Å². The highest BCUT2D eigenvalue weighted by Crippen LogP contribution is 2.26. The fourth-order valence-corrected chi connectivity index (χ4v) is 4.08. The largest absolute Gasteiger partial charge is 0.313 e. The van der Waals surface area contributed by atoms with E-state index in [1.807, 2.05) is 6.92 Å². The van der Waals surface area contributed by atoms with Gasteiger partial charge in [-0.05, 0) is 49.4 Å². The number of hydrogen-bond donors (Lipinski definition) is 2. The van der Waals surface area contributed by atoms with Crippen LogP contribution >= 0.6 is 0 Å². The molecule has 0 bridgehead atoms. The quantitative estimate of drug-likeness (QED) is 0.848. The van der Waals surface area contributed by atoms with Gasteiger partial charge in [0.25, 0.3) is 0 Å². The predicted molar refractivity (Wildman–Crippen MR) is 80.9 cm³/mol. The smallest absolute Gasteiger partial charge is 0.243 e. The van der Waals surface area contributed by atoms with Crippen molar-refractivity contribution in [2.24, 2.45) is 5.92 Å². The van der Waals surface area contributed by atoms with E-state index in [-0.39, 0.29) is 10.9 Å². The predicted octanol–water partition coefficient (Wildman–Crippen LogP) is 2.40. The average molecular weight is 314 g/mol. The molecule has 2 atom stereocenters. The Morgan fingerprint density at radius 3 is 2.67 bits per heavy atom. The summed E-state index contributed by atoms with van der Waals surface area (Å²) in [4.78, 5) is -0.262. The molecule has 1 aliphatic rings. The Bertz CT molecular complexity index is 589. The molecule has 1 fully saturated rings. The minimum Gasteiger partial charge on any atom is -0.313 e. The topological polar surface area (TPSA) is 58.2 Å². The van der Waals surface area contributed by atoms with Gasteiger partial charge in [-0.3, -0.25) is 0 Å². The van der Waals surface area contributed by atoms with Crippen LogP contribution in [-0.2, 0) is 16.6 Å². The molecule has 0 aromatic heterocycles. The van der Waals surface area contributed by atoms with Gasteiger partial charge in [-0.25, -0.2) is 17.5 Å². The maximum Gasteiger partial charge on any atom is 0.243 e. The van der Waals surface area contributed by atoms with Crippen molar-refractivity contribution in [3.63, 3.8) is 0 Å². The SMILES string of the molecule is CCNCc1ccc(S(=O)(=O)NC2CCC(C)C2)c(F)c1. The summed E-state index contributed by atoms with van der Waals surface area (Å²) in [5.74, 6) is -0.172. The Kier molecular flexibility index (Phi) is 5.35. The van der Waals surface area contributed by atoms with Crippen molar-refractivity contribution in [1.82, 2.24) is 10.0 Å². The van der Waals surface area contributed by atoms with Crippen LogP contribution in [0.3, 0.4) is 0 Å². The van der Waals surface area contributed by atoms with Gasteiger partial charge in [0.15, 0.2) is 0 Å². The van der Waals surface area contributed by atoms with Crippen molar-refractivity contribution >= 4 is 10.0 Å². The second-order valence-electron chi connectivity index (χ2n) is 5.78. The monoisotopic (exact) mass is 314 g/mol. The maximum absolute atomic E-state index is 14.1. The summed E-state index contributed by atoms with van der Waals surface area (Å²) in [7, 11) is -3.78. The van der Waals surface area contributed by atoms with Crippen molar-refractivity contribution in [2.45, 2.75) is 50.6 Å². The lowest BCUT2D eigenvalue weighted by atomic mass is 10.1. The highest BCUT2D eigenvalue weighted by atomic mass is 32.2. The lowest BCUT2D eigenvalue weighted by Crippen LogP contribution is -2.33. The molecule has 0 aliphatic heterocycles. The highest BCUT2D eigenvalue weighted by Gasteiger charge is 2.28. The number of nitrogens with one attached hydrogen (secondary N) is 2. The second-order valence-corrected chi connectivity index (χ2v) is 7.46. The molecule has 1 aliphatic carbocycles. The van der Waals surface area contributed by atoms with E-state index in [0.29, 0.717) is 12.5 Å². The molecule has 0 heterocycles. The molecule has 2 N–H and O–H groups in total. The number of sulfonamides is 1. The van der Waals surface area contributed by atoms with Crippen molar-refractivity contribution in [3.8, 4) is 0 Å². The third-order valence-electron chi connectivity index (χ3n) is 3.88. The summed E-state index contributed by atoms with van der Waals surface area (Å²) in [6, 6.07) is 4.21. The summed E-state index contributed by atoms with van der Waals surface area (Å²) in [5, 5.41) is 3.08. The summed E-state index contributed by atoms with van der Waals surface area (Å²) in [6.07, 6.45) is 2.65. The first-order valence-corrected chi connectivity index (χ1v) is 8.92. The van der Waals surface area contributed by atoms with Crippen molar-refractivity contribution < 1.29 is 12.8 Å².